The van der Waals surface area contributed by atoms with Gasteiger partial charge < -0.3 is 10.2 Å². The summed E-state index contributed by atoms with van der Waals surface area (Å²) in [4.78, 5) is 24.9. The first-order chi connectivity index (χ1) is 10.9. The van der Waals surface area contributed by atoms with Crippen molar-refractivity contribution in [2.75, 3.05) is 18.9 Å². The summed E-state index contributed by atoms with van der Waals surface area (Å²) in [6, 6.07) is 7.67. The van der Waals surface area contributed by atoms with Gasteiger partial charge in [-0.05, 0) is 36.4 Å². The average Bonchev–Trinajstić information content (AvgIpc) is 2.49. The molecule has 0 saturated carbocycles. The Kier molecular flexibility index (Phi) is 5.00. The van der Waals surface area contributed by atoms with E-state index in [0.29, 0.717) is 11.8 Å². The van der Waals surface area contributed by atoms with E-state index in [0.717, 1.165) is 17.0 Å². The van der Waals surface area contributed by atoms with Crippen molar-refractivity contribution in [3.8, 4) is 0 Å². The van der Waals surface area contributed by atoms with Crippen LogP contribution in [-0.2, 0) is 4.79 Å². The van der Waals surface area contributed by atoms with Gasteiger partial charge in [0, 0.05) is 18.8 Å². The topological polar surface area (TPSA) is 49.4 Å². The highest BCUT2D eigenvalue weighted by Gasteiger charge is 2.18. The first-order valence-electron chi connectivity index (χ1n) is 6.63. The second kappa shape index (κ2) is 6.95. The highest BCUT2D eigenvalue weighted by Crippen LogP contribution is 2.12. The van der Waals surface area contributed by atoms with E-state index in [1.807, 2.05) is 0 Å². The Morgan fingerprint density at radius 3 is 2.22 bits per heavy atom. The quantitative estimate of drug-likeness (QED) is 0.941. The summed E-state index contributed by atoms with van der Waals surface area (Å²) in [5.41, 5.74) is 0.0358. The summed E-state index contributed by atoms with van der Waals surface area (Å²) in [6.07, 6.45) is 0. The minimum atomic E-state index is -0.999. The van der Waals surface area contributed by atoms with Crippen LogP contribution in [0.2, 0.25) is 0 Å². The number of halogens is 3. The van der Waals surface area contributed by atoms with Crippen molar-refractivity contribution in [2.24, 2.45) is 0 Å². The van der Waals surface area contributed by atoms with Gasteiger partial charge in [0.15, 0.2) is 0 Å². The number of benzene rings is 2. The van der Waals surface area contributed by atoms with Crippen molar-refractivity contribution < 1.29 is 22.8 Å². The van der Waals surface area contributed by atoms with Crippen LogP contribution < -0.4 is 5.32 Å². The monoisotopic (exact) mass is 322 g/mol. The molecule has 2 aromatic carbocycles. The van der Waals surface area contributed by atoms with Gasteiger partial charge in [-0.15, -0.1) is 0 Å². The summed E-state index contributed by atoms with van der Waals surface area (Å²) in [6.45, 7) is -0.340. The number of hydrogen-bond acceptors (Lipinski definition) is 2. The number of hydrogen-bond donors (Lipinski definition) is 1. The molecule has 2 amide bonds. The largest absolute Gasteiger partial charge is 0.332 e. The molecule has 0 aliphatic carbocycles. The number of anilines is 1. The molecule has 0 aliphatic heterocycles. The molecular weight excluding hydrogens is 309 g/mol. The summed E-state index contributed by atoms with van der Waals surface area (Å²) in [5.74, 6) is -3.52. The minimum absolute atomic E-state index is 0.330. The number of likely N-dealkylation sites (N-methyl/N-ethyl adjacent to an activating group) is 1. The lowest BCUT2D eigenvalue weighted by Gasteiger charge is -2.17. The maximum absolute atomic E-state index is 13.6. The molecule has 2 aromatic rings. The van der Waals surface area contributed by atoms with Gasteiger partial charge in [0.25, 0.3) is 5.91 Å². The van der Waals surface area contributed by atoms with E-state index >= 15 is 0 Å². The molecule has 0 unspecified atom stereocenters. The van der Waals surface area contributed by atoms with Crippen molar-refractivity contribution in [3.63, 3.8) is 0 Å². The molecule has 0 heterocycles. The summed E-state index contributed by atoms with van der Waals surface area (Å²) in [7, 11) is 1.31. The molecule has 0 bridgehead atoms. The van der Waals surface area contributed by atoms with Gasteiger partial charge in [-0.25, -0.2) is 13.2 Å². The van der Waals surface area contributed by atoms with E-state index in [1.165, 1.54) is 31.3 Å². The summed E-state index contributed by atoms with van der Waals surface area (Å²) in [5, 5.41) is 2.48. The maximum Gasteiger partial charge on any atom is 0.257 e. The molecule has 120 valence electrons. The lowest BCUT2D eigenvalue weighted by atomic mass is 10.2. The van der Waals surface area contributed by atoms with Gasteiger partial charge in [-0.1, -0.05) is 0 Å². The Morgan fingerprint density at radius 2 is 1.61 bits per heavy atom. The van der Waals surface area contributed by atoms with E-state index < -0.39 is 29.3 Å². The van der Waals surface area contributed by atoms with Crippen molar-refractivity contribution in [3.05, 3.63) is 65.5 Å². The lowest BCUT2D eigenvalue weighted by molar-refractivity contribution is -0.116. The Hall–Kier alpha value is -2.83. The zero-order chi connectivity index (χ0) is 17.0. The molecular formula is C16H13F3N2O2. The third-order valence-electron chi connectivity index (χ3n) is 3.02. The number of amides is 2. The van der Waals surface area contributed by atoms with Crippen LogP contribution in [0, 0.1) is 17.5 Å². The molecule has 4 nitrogen and oxygen atoms in total. The van der Waals surface area contributed by atoms with E-state index in [-0.39, 0.29) is 12.1 Å². The van der Waals surface area contributed by atoms with Crippen molar-refractivity contribution in [1.82, 2.24) is 4.90 Å². The standard InChI is InChI=1S/C16H13F3N2O2/c1-21(16(23)13-7-4-11(18)8-14(13)19)9-15(22)20-12-5-2-10(17)3-6-12/h2-8H,9H2,1H3,(H,20,22). The third kappa shape index (κ3) is 4.32. The van der Waals surface area contributed by atoms with Crippen molar-refractivity contribution in [1.29, 1.82) is 0 Å². The average molecular weight is 322 g/mol. The normalized spacial score (nSPS) is 10.3. The zero-order valence-electron chi connectivity index (χ0n) is 12.1. The first kappa shape index (κ1) is 16.5. The van der Waals surface area contributed by atoms with Crippen LogP contribution >= 0.6 is 0 Å². The SMILES string of the molecule is CN(CC(=O)Nc1ccc(F)cc1)C(=O)c1ccc(F)cc1F. The van der Waals surface area contributed by atoms with Crippen LogP contribution in [0.3, 0.4) is 0 Å². The minimum Gasteiger partial charge on any atom is -0.332 e. The Labute approximate surface area is 130 Å². The van der Waals surface area contributed by atoms with Gasteiger partial charge in [0.1, 0.15) is 17.5 Å². The number of nitrogens with zero attached hydrogens (tertiary/aromatic N) is 1. The van der Waals surface area contributed by atoms with Crippen LogP contribution in [0.1, 0.15) is 10.4 Å². The van der Waals surface area contributed by atoms with E-state index in [2.05, 4.69) is 5.32 Å². The Balaban J connectivity index is 2.00. The fourth-order valence-electron chi connectivity index (χ4n) is 1.89. The van der Waals surface area contributed by atoms with E-state index in [4.69, 9.17) is 0 Å². The van der Waals surface area contributed by atoms with Crippen molar-refractivity contribution >= 4 is 17.5 Å². The number of carbonyl (C=O) groups excluding carboxylic acids is 2. The fourth-order valence-corrected chi connectivity index (χ4v) is 1.89. The predicted octanol–water partition coefficient (Wildman–Crippen LogP) is 2.81. The number of nitrogens with one attached hydrogen (secondary N) is 1. The van der Waals surface area contributed by atoms with Crippen LogP contribution in [0.15, 0.2) is 42.5 Å². The second-order valence-corrected chi connectivity index (χ2v) is 4.84. The van der Waals surface area contributed by atoms with Gasteiger partial charge in [-0.2, -0.15) is 0 Å². The Morgan fingerprint density at radius 1 is 1.00 bits per heavy atom. The highest BCUT2D eigenvalue weighted by atomic mass is 19.1. The molecule has 0 fully saturated rings. The van der Waals surface area contributed by atoms with Crippen LogP contribution in [-0.4, -0.2) is 30.3 Å². The second-order valence-electron chi connectivity index (χ2n) is 4.84. The fraction of sp³-hybridized carbons (Fsp3) is 0.125. The first-order valence-corrected chi connectivity index (χ1v) is 6.63. The lowest BCUT2D eigenvalue weighted by Crippen LogP contribution is -2.35. The molecule has 1 N–H and O–H groups in total. The number of carbonyl (C=O) groups is 2. The number of rotatable bonds is 4. The van der Waals surface area contributed by atoms with Crippen molar-refractivity contribution in [2.45, 2.75) is 0 Å². The van der Waals surface area contributed by atoms with Gasteiger partial charge in [0.05, 0.1) is 12.1 Å². The van der Waals surface area contributed by atoms with Gasteiger partial charge in [-0.3, -0.25) is 9.59 Å². The van der Waals surface area contributed by atoms with Crippen LogP contribution in [0.4, 0.5) is 18.9 Å². The Bertz CT molecular complexity index is 733. The molecule has 2 rings (SSSR count). The van der Waals surface area contributed by atoms with Gasteiger partial charge in [0.2, 0.25) is 5.91 Å². The smallest absolute Gasteiger partial charge is 0.257 e. The molecule has 0 atom stereocenters. The highest BCUT2D eigenvalue weighted by molar-refractivity contribution is 5.99. The molecule has 7 heteroatoms. The summed E-state index contributed by atoms with van der Waals surface area (Å²) >= 11 is 0. The third-order valence-corrected chi connectivity index (χ3v) is 3.02. The van der Waals surface area contributed by atoms with E-state index in [1.54, 1.807) is 0 Å². The molecule has 23 heavy (non-hydrogen) atoms. The predicted molar refractivity (Wildman–Crippen MR) is 78.3 cm³/mol. The summed E-state index contributed by atoms with van der Waals surface area (Å²) < 4.78 is 39.2. The molecule has 0 spiro atoms. The molecule has 0 saturated heterocycles. The molecule has 0 aromatic heterocycles. The molecule has 0 radical (unpaired) electrons. The van der Waals surface area contributed by atoms with Gasteiger partial charge >= 0.3 is 0 Å². The van der Waals surface area contributed by atoms with E-state index in [9.17, 15) is 22.8 Å². The maximum atomic E-state index is 13.6. The zero-order valence-corrected chi connectivity index (χ0v) is 12.1. The molecule has 0 aliphatic rings. The van der Waals surface area contributed by atoms with Crippen LogP contribution in [0.25, 0.3) is 0 Å². The van der Waals surface area contributed by atoms with Crippen LogP contribution in [0.5, 0.6) is 0 Å².